The van der Waals surface area contributed by atoms with Gasteiger partial charge in [0.05, 0.1) is 23.2 Å². The minimum Gasteiger partial charge on any atom is -0.324 e. The number of amides is 1. The van der Waals surface area contributed by atoms with Crippen LogP contribution in [-0.4, -0.2) is 33.4 Å². The van der Waals surface area contributed by atoms with E-state index in [4.69, 9.17) is 4.98 Å². The van der Waals surface area contributed by atoms with E-state index in [1.165, 1.54) is 27.6 Å². The topological polar surface area (TPSA) is 67.2 Å². The van der Waals surface area contributed by atoms with Crippen LogP contribution in [0, 0.1) is 0 Å². The van der Waals surface area contributed by atoms with E-state index in [9.17, 15) is 22.8 Å². The Kier molecular flexibility index (Phi) is 6.43. The van der Waals surface area contributed by atoms with Crippen LogP contribution in [0.15, 0.2) is 29.1 Å². The van der Waals surface area contributed by atoms with Gasteiger partial charge in [0, 0.05) is 4.88 Å². The molecule has 1 amide bonds. The average molecular weight is 505 g/mol. The highest BCUT2D eigenvalue weighted by Crippen LogP contribution is 2.36. The van der Waals surface area contributed by atoms with E-state index in [1.807, 2.05) is 0 Å². The molecule has 1 aliphatic carbocycles. The third-order valence-corrected chi connectivity index (χ3v) is 8.10. The van der Waals surface area contributed by atoms with Crippen LogP contribution in [0.5, 0.6) is 0 Å². The number of alkyl halides is 3. The number of aryl methyl sites for hydroxylation is 2. The molecular weight excluding hydrogens is 477 g/mol. The largest absolute Gasteiger partial charge is 0.418 e. The first-order chi connectivity index (χ1) is 16.7. The number of fused-ring (bicyclic) bond motifs is 3. The number of carbonyl (C=O) groups is 1. The Morgan fingerprint density at radius 1 is 1.14 bits per heavy atom. The predicted molar refractivity (Wildman–Crippen MR) is 130 cm³/mol. The molecule has 10 heteroatoms. The Morgan fingerprint density at radius 3 is 2.60 bits per heavy atom. The van der Waals surface area contributed by atoms with Gasteiger partial charge in [-0.1, -0.05) is 12.1 Å². The lowest BCUT2D eigenvalue weighted by Crippen LogP contribution is -2.36. The number of hydrogen-bond donors (Lipinski definition) is 1. The highest BCUT2D eigenvalue weighted by atomic mass is 32.1. The summed E-state index contributed by atoms with van der Waals surface area (Å²) >= 11 is 1.55. The SMILES string of the molecule is CC(C(=O)Nc1ccccc1C(F)(F)F)n1c(CN2CCCC2)nc2sc3c(c2c1=O)CCCC3. The molecule has 1 atom stereocenters. The highest BCUT2D eigenvalue weighted by molar-refractivity contribution is 7.18. The number of hydrogen-bond acceptors (Lipinski definition) is 5. The van der Waals surface area contributed by atoms with Crippen molar-refractivity contribution in [3.05, 3.63) is 56.4 Å². The summed E-state index contributed by atoms with van der Waals surface area (Å²) in [6.07, 6.45) is 1.30. The molecule has 35 heavy (non-hydrogen) atoms. The molecule has 186 valence electrons. The first kappa shape index (κ1) is 24.0. The minimum absolute atomic E-state index is 0.282. The Labute approximate surface area is 204 Å². The van der Waals surface area contributed by atoms with Gasteiger partial charge in [0.25, 0.3) is 5.56 Å². The van der Waals surface area contributed by atoms with Gasteiger partial charge in [0.2, 0.25) is 5.91 Å². The van der Waals surface area contributed by atoms with Crippen molar-refractivity contribution in [3.8, 4) is 0 Å². The van der Waals surface area contributed by atoms with Crippen molar-refractivity contribution >= 4 is 33.1 Å². The normalized spacial score (nSPS) is 17.5. The summed E-state index contributed by atoms with van der Waals surface area (Å²) in [4.78, 5) is 36.0. The molecule has 0 bridgehead atoms. The number of nitrogens with one attached hydrogen (secondary N) is 1. The third-order valence-electron chi connectivity index (χ3n) is 6.91. The number of benzene rings is 1. The van der Waals surface area contributed by atoms with E-state index in [0.29, 0.717) is 22.6 Å². The Balaban J connectivity index is 1.56. The monoisotopic (exact) mass is 504 g/mol. The van der Waals surface area contributed by atoms with Gasteiger partial charge in [-0.3, -0.25) is 19.1 Å². The van der Waals surface area contributed by atoms with Crippen molar-refractivity contribution in [1.29, 1.82) is 0 Å². The van der Waals surface area contributed by atoms with Crippen LogP contribution in [0.2, 0.25) is 0 Å². The van der Waals surface area contributed by atoms with Crippen LogP contribution < -0.4 is 10.9 Å². The van der Waals surface area contributed by atoms with E-state index < -0.39 is 23.7 Å². The maximum atomic E-state index is 13.8. The number of likely N-dealkylation sites (tertiary alicyclic amines) is 1. The number of rotatable bonds is 5. The molecule has 0 radical (unpaired) electrons. The Bertz CT molecular complexity index is 1320. The minimum atomic E-state index is -4.61. The molecule has 0 spiro atoms. The lowest BCUT2D eigenvalue weighted by atomic mass is 9.97. The van der Waals surface area contributed by atoms with E-state index in [-0.39, 0.29) is 11.2 Å². The second kappa shape index (κ2) is 9.39. The molecule has 1 aromatic carbocycles. The van der Waals surface area contributed by atoms with Gasteiger partial charge >= 0.3 is 6.18 Å². The zero-order chi connectivity index (χ0) is 24.7. The second-order valence-corrected chi connectivity index (χ2v) is 10.4. The Morgan fingerprint density at radius 2 is 1.86 bits per heavy atom. The molecular formula is C25H27F3N4O2S. The number of nitrogens with zero attached hydrogens (tertiary/aromatic N) is 3. The molecule has 2 aromatic heterocycles. The number of aromatic nitrogens is 2. The number of thiophene rings is 1. The molecule has 1 saturated heterocycles. The maximum Gasteiger partial charge on any atom is 0.418 e. The van der Waals surface area contributed by atoms with Gasteiger partial charge in [-0.2, -0.15) is 13.2 Å². The van der Waals surface area contributed by atoms with Crippen molar-refractivity contribution in [2.45, 2.75) is 64.2 Å². The molecule has 5 rings (SSSR count). The van der Waals surface area contributed by atoms with E-state index in [1.54, 1.807) is 18.3 Å². The maximum absolute atomic E-state index is 13.8. The van der Waals surface area contributed by atoms with Gasteiger partial charge in [-0.25, -0.2) is 4.98 Å². The van der Waals surface area contributed by atoms with Gasteiger partial charge in [0.1, 0.15) is 16.7 Å². The summed E-state index contributed by atoms with van der Waals surface area (Å²) in [5, 5.41) is 2.97. The molecule has 1 N–H and O–H groups in total. The first-order valence-corrected chi connectivity index (χ1v) is 12.8. The predicted octanol–water partition coefficient (Wildman–Crippen LogP) is 5.15. The molecule has 1 fully saturated rings. The summed E-state index contributed by atoms with van der Waals surface area (Å²) in [5.41, 5.74) is -0.515. The van der Waals surface area contributed by atoms with Crippen molar-refractivity contribution in [2.75, 3.05) is 18.4 Å². The summed E-state index contributed by atoms with van der Waals surface area (Å²) in [6.45, 7) is 3.74. The fourth-order valence-electron chi connectivity index (χ4n) is 5.10. The fraction of sp³-hybridized carbons (Fsp3) is 0.480. The van der Waals surface area contributed by atoms with Crippen LogP contribution in [-0.2, 0) is 30.4 Å². The van der Waals surface area contributed by atoms with E-state index in [2.05, 4.69) is 10.2 Å². The zero-order valence-electron chi connectivity index (χ0n) is 19.5. The van der Waals surface area contributed by atoms with Crippen LogP contribution >= 0.6 is 11.3 Å². The van der Waals surface area contributed by atoms with Gasteiger partial charge in [-0.05, 0) is 76.2 Å². The van der Waals surface area contributed by atoms with Gasteiger partial charge < -0.3 is 5.32 Å². The second-order valence-electron chi connectivity index (χ2n) is 9.29. The molecule has 6 nitrogen and oxygen atoms in total. The van der Waals surface area contributed by atoms with Crippen LogP contribution in [0.1, 0.15) is 60.5 Å². The molecule has 0 saturated carbocycles. The highest BCUT2D eigenvalue weighted by Gasteiger charge is 2.34. The lowest BCUT2D eigenvalue weighted by Gasteiger charge is -2.23. The Hall–Kier alpha value is -2.72. The van der Waals surface area contributed by atoms with Crippen molar-refractivity contribution < 1.29 is 18.0 Å². The summed E-state index contributed by atoms with van der Waals surface area (Å²) < 4.78 is 41.8. The van der Waals surface area contributed by atoms with Crippen molar-refractivity contribution in [1.82, 2.24) is 14.5 Å². The number of anilines is 1. The van der Waals surface area contributed by atoms with Gasteiger partial charge in [-0.15, -0.1) is 11.3 Å². The van der Waals surface area contributed by atoms with Crippen LogP contribution in [0.25, 0.3) is 10.2 Å². The van der Waals surface area contributed by atoms with E-state index >= 15 is 0 Å². The first-order valence-electron chi connectivity index (χ1n) is 12.0. The van der Waals surface area contributed by atoms with Crippen LogP contribution in [0.3, 0.4) is 0 Å². The van der Waals surface area contributed by atoms with Crippen molar-refractivity contribution in [2.24, 2.45) is 0 Å². The lowest BCUT2D eigenvalue weighted by molar-refractivity contribution is -0.137. The molecule has 1 aliphatic heterocycles. The molecule has 2 aliphatic rings. The fourth-order valence-corrected chi connectivity index (χ4v) is 6.38. The molecule has 3 aromatic rings. The number of halogens is 3. The molecule has 3 heterocycles. The quantitative estimate of drug-likeness (QED) is 0.522. The average Bonchev–Trinajstić information content (AvgIpc) is 3.46. The standard InChI is InChI=1S/C25H27F3N4O2S/c1-15(22(33)29-18-10-4-3-9-17(18)25(26,27)28)32-20(14-31-12-6-7-13-31)30-23-21(24(32)34)16-8-2-5-11-19(16)35-23/h3-4,9-10,15H,2,5-8,11-14H2,1H3,(H,29,33). The zero-order valence-corrected chi connectivity index (χ0v) is 20.3. The van der Waals surface area contributed by atoms with E-state index in [0.717, 1.165) is 63.2 Å². The summed E-state index contributed by atoms with van der Waals surface area (Å²) in [7, 11) is 0. The number of carbonyl (C=O) groups excluding carboxylic acids is 1. The molecule has 1 unspecified atom stereocenters. The third kappa shape index (κ3) is 4.61. The van der Waals surface area contributed by atoms with Crippen LogP contribution in [0.4, 0.5) is 18.9 Å². The summed E-state index contributed by atoms with van der Waals surface area (Å²) in [5.74, 6) is -0.202. The summed E-state index contributed by atoms with van der Waals surface area (Å²) in [6, 6.07) is 3.83. The number of para-hydroxylation sites is 1. The smallest absolute Gasteiger partial charge is 0.324 e. The van der Waals surface area contributed by atoms with Crippen molar-refractivity contribution in [3.63, 3.8) is 0 Å². The van der Waals surface area contributed by atoms with Gasteiger partial charge in [0.15, 0.2) is 0 Å².